The molecule has 2 aromatic rings. The Morgan fingerprint density at radius 2 is 2.00 bits per heavy atom. The molecular weight excluding hydrogens is 356 g/mol. The number of hydrogen-bond acceptors (Lipinski definition) is 6. The fourth-order valence-corrected chi connectivity index (χ4v) is 2.77. The van der Waals surface area contributed by atoms with Crippen molar-refractivity contribution < 1.29 is 18.7 Å². The summed E-state index contributed by atoms with van der Waals surface area (Å²) in [5, 5.41) is 14.7. The topological polar surface area (TPSA) is 90.4 Å². The molecule has 27 heavy (non-hydrogen) atoms. The summed E-state index contributed by atoms with van der Waals surface area (Å²) in [6.45, 7) is 6.61. The number of amides is 1. The monoisotopic (exact) mass is 377 g/mol. The lowest BCUT2D eigenvalue weighted by molar-refractivity contribution is -0.117. The van der Waals surface area contributed by atoms with E-state index in [-0.39, 0.29) is 17.5 Å². The molecule has 0 bridgehead atoms. The largest absolute Gasteiger partial charge is 0.503 e. The van der Waals surface area contributed by atoms with E-state index in [0.717, 1.165) is 18.6 Å². The minimum absolute atomic E-state index is 0.0596. The zero-order chi connectivity index (χ0) is 19.7. The van der Waals surface area contributed by atoms with Gasteiger partial charge in [-0.15, -0.1) is 0 Å². The van der Waals surface area contributed by atoms with E-state index in [1.807, 2.05) is 4.90 Å². The summed E-state index contributed by atoms with van der Waals surface area (Å²) in [4.78, 5) is 22.6. The summed E-state index contributed by atoms with van der Waals surface area (Å²) < 4.78 is 27.0. The van der Waals surface area contributed by atoms with E-state index < -0.39 is 23.4 Å². The average Bonchev–Trinajstić information content (AvgIpc) is 2.60. The molecule has 0 aliphatic carbocycles. The van der Waals surface area contributed by atoms with Crippen molar-refractivity contribution in [3.8, 4) is 5.75 Å². The number of hydrogen-bond donors (Lipinski definition) is 3. The number of carbonyl (C=O) groups excluding carboxylic acids is 1. The highest BCUT2D eigenvalue weighted by Crippen LogP contribution is 2.32. The van der Waals surface area contributed by atoms with E-state index in [1.54, 1.807) is 6.92 Å². The van der Waals surface area contributed by atoms with Gasteiger partial charge >= 0.3 is 0 Å². The van der Waals surface area contributed by atoms with Crippen LogP contribution < -0.4 is 15.5 Å². The van der Waals surface area contributed by atoms with Crippen LogP contribution >= 0.6 is 0 Å². The number of phenols is 1. The second-order valence-electron chi connectivity index (χ2n) is 6.89. The summed E-state index contributed by atoms with van der Waals surface area (Å²) >= 11 is 0. The van der Waals surface area contributed by atoms with Crippen LogP contribution in [0.1, 0.15) is 27.2 Å². The lowest BCUT2D eigenvalue weighted by atomic mass is 10.1. The third kappa shape index (κ3) is 3.91. The van der Waals surface area contributed by atoms with Gasteiger partial charge in [0.15, 0.2) is 23.2 Å². The summed E-state index contributed by atoms with van der Waals surface area (Å²) in [6, 6.07) is 1.49. The van der Waals surface area contributed by atoms with Crippen molar-refractivity contribution in [1.29, 1.82) is 0 Å². The standard InChI is InChI=1S/C18H21F2N5O2/c1-9(2)4-5-25-10(3)17(27)23-14-8-21-18(24-16(14)25)22-11-6-12(19)15(26)13(20)7-11/h6-10,26H,4-5H2,1-3H3,(H,23,27)(H,21,22,24). The van der Waals surface area contributed by atoms with Crippen LogP contribution in [0.4, 0.5) is 31.9 Å². The molecule has 2 heterocycles. The first-order valence-electron chi connectivity index (χ1n) is 8.66. The molecule has 3 rings (SSSR count). The van der Waals surface area contributed by atoms with Gasteiger partial charge in [-0.2, -0.15) is 4.98 Å². The summed E-state index contributed by atoms with van der Waals surface area (Å²) in [6.07, 6.45) is 2.32. The molecule has 0 saturated heterocycles. The van der Waals surface area contributed by atoms with Crippen molar-refractivity contribution >= 4 is 29.0 Å². The van der Waals surface area contributed by atoms with Crippen LogP contribution in [0.25, 0.3) is 0 Å². The molecule has 1 atom stereocenters. The molecule has 0 fully saturated rings. The highest BCUT2D eigenvalue weighted by atomic mass is 19.1. The van der Waals surface area contributed by atoms with Crippen molar-refractivity contribution in [2.45, 2.75) is 33.2 Å². The predicted octanol–water partition coefficient (Wildman–Crippen LogP) is 3.40. The van der Waals surface area contributed by atoms with Crippen molar-refractivity contribution in [3.63, 3.8) is 0 Å². The molecular formula is C18H21F2N5O2. The van der Waals surface area contributed by atoms with E-state index in [9.17, 15) is 18.7 Å². The minimum atomic E-state index is -1.09. The SMILES string of the molecule is CC(C)CCN1c2nc(Nc3cc(F)c(O)c(F)c3)ncc2NC(=O)C1C. The molecule has 0 spiro atoms. The van der Waals surface area contributed by atoms with Crippen LogP contribution in [0, 0.1) is 17.6 Å². The number of carbonyl (C=O) groups is 1. The average molecular weight is 377 g/mol. The number of aromatic nitrogens is 2. The molecule has 3 N–H and O–H groups in total. The van der Waals surface area contributed by atoms with Crippen LogP contribution in [0.3, 0.4) is 0 Å². The fourth-order valence-electron chi connectivity index (χ4n) is 2.77. The summed E-state index contributed by atoms with van der Waals surface area (Å²) in [5.74, 6) is -2.24. The number of aromatic hydroxyl groups is 1. The maximum Gasteiger partial charge on any atom is 0.246 e. The molecule has 9 heteroatoms. The molecule has 1 aliphatic rings. The maximum absolute atomic E-state index is 13.5. The second-order valence-corrected chi connectivity index (χ2v) is 6.89. The minimum Gasteiger partial charge on any atom is -0.503 e. The lowest BCUT2D eigenvalue weighted by Crippen LogP contribution is -2.47. The lowest BCUT2D eigenvalue weighted by Gasteiger charge is -2.35. The van der Waals surface area contributed by atoms with Crippen LogP contribution in [0.5, 0.6) is 5.75 Å². The van der Waals surface area contributed by atoms with Crippen LogP contribution in [-0.4, -0.2) is 33.6 Å². The molecule has 1 amide bonds. The van der Waals surface area contributed by atoms with Gasteiger partial charge in [0.25, 0.3) is 0 Å². The third-order valence-electron chi connectivity index (χ3n) is 4.37. The molecule has 7 nitrogen and oxygen atoms in total. The quantitative estimate of drug-likeness (QED) is 0.692. The van der Waals surface area contributed by atoms with E-state index in [0.29, 0.717) is 24.0 Å². The summed E-state index contributed by atoms with van der Waals surface area (Å²) in [7, 11) is 0. The molecule has 0 saturated carbocycles. The fraction of sp³-hybridized carbons (Fsp3) is 0.389. The first kappa shape index (κ1) is 18.8. The Labute approximate surface area is 155 Å². The Morgan fingerprint density at radius 3 is 2.63 bits per heavy atom. The van der Waals surface area contributed by atoms with Gasteiger partial charge in [0, 0.05) is 24.4 Å². The first-order valence-corrected chi connectivity index (χ1v) is 8.66. The van der Waals surface area contributed by atoms with Crippen LogP contribution in [-0.2, 0) is 4.79 Å². The van der Waals surface area contributed by atoms with Gasteiger partial charge in [-0.3, -0.25) is 4.79 Å². The Balaban J connectivity index is 1.91. The van der Waals surface area contributed by atoms with E-state index >= 15 is 0 Å². The van der Waals surface area contributed by atoms with Crippen LogP contribution in [0.2, 0.25) is 0 Å². The number of phenolic OH excluding ortho intramolecular Hbond substituents is 1. The number of benzene rings is 1. The van der Waals surface area contributed by atoms with E-state index in [1.165, 1.54) is 6.20 Å². The zero-order valence-electron chi connectivity index (χ0n) is 15.3. The number of rotatable bonds is 5. The molecule has 1 unspecified atom stereocenters. The van der Waals surface area contributed by atoms with Gasteiger partial charge in [0.05, 0.1) is 6.20 Å². The first-order chi connectivity index (χ1) is 12.8. The highest BCUT2D eigenvalue weighted by Gasteiger charge is 2.31. The third-order valence-corrected chi connectivity index (χ3v) is 4.37. The smallest absolute Gasteiger partial charge is 0.246 e. The van der Waals surface area contributed by atoms with Gasteiger partial charge in [0.1, 0.15) is 11.7 Å². The van der Waals surface area contributed by atoms with Crippen molar-refractivity contribution in [1.82, 2.24) is 9.97 Å². The Bertz CT molecular complexity index is 852. The van der Waals surface area contributed by atoms with Gasteiger partial charge in [-0.25, -0.2) is 13.8 Å². The zero-order valence-corrected chi connectivity index (χ0v) is 15.3. The van der Waals surface area contributed by atoms with E-state index in [4.69, 9.17) is 0 Å². The number of nitrogens with zero attached hydrogens (tertiary/aromatic N) is 3. The molecule has 144 valence electrons. The maximum atomic E-state index is 13.5. The normalized spacial score (nSPS) is 16.3. The van der Waals surface area contributed by atoms with E-state index in [2.05, 4.69) is 34.4 Å². The van der Waals surface area contributed by atoms with Crippen molar-refractivity contribution in [2.24, 2.45) is 5.92 Å². The molecule has 1 aromatic carbocycles. The Kier molecular flexibility index (Phi) is 5.11. The Hall–Kier alpha value is -2.97. The molecule has 1 aromatic heterocycles. The number of fused-ring (bicyclic) bond motifs is 1. The van der Waals surface area contributed by atoms with Crippen LogP contribution in [0.15, 0.2) is 18.3 Å². The number of halogens is 2. The highest BCUT2D eigenvalue weighted by molar-refractivity contribution is 6.02. The van der Waals surface area contributed by atoms with Gasteiger partial charge in [0.2, 0.25) is 11.9 Å². The van der Waals surface area contributed by atoms with Gasteiger partial charge in [-0.1, -0.05) is 13.8 Å². The molecule has 0 radical (unpaired) electrons. The van der Waals surface area contributed by atoms with Crippen molar-refractivity contribution in [2.75, 3.05) is 22.1 Å². The number of nitrogens with one attached hydrogen (secondary N) is 2. The van der Waals surface area contributed by atoms with Gasteiger partial charge < -0.3 is 20.6 Å². The molecule has 1 aliphatic heterocycles. The van der Waals surface area contributed by atoms with Crippen molar-refractivity contribution in [3.05, 3.63) is 30.0 Å². The second kappa shape index (κ2) is 7.34. The Morgan fingerprint density at radius 1 is 1.33 bits per heavy atom. The number of anilines is 4. The summed E-state index contributed by atoms with van der Waals surface area (Å²) in [5.41, 5.74) is 0.542. The van der Waals surface area contributed by atoms with Gasteiger partial charge in [-0.05, 0) is 19.3 Å². The predicted molar refractivity (Wildman–Crippen MR) is 98.2 cm³/mol.